The third kappa shape index (κ3) is 2.96. The quantitative estimate of drug-likeness (QED) is 0.584. The number of aromatic nitrogens is 1. The summed E-state index contributed by atoms with van der Waals surface area (Å²) in [6, 6.07) is 9.16. The molecule has 1 amide bonds. The molecule has 1 saturated heterocycles. The first kappa shape index (κ1) is 13.8. The number of carbonyl (C=O) groups is 1. The average Bonchev–Trinajstić information content (AvgIpc) is 3.05. The van der Waals surface area contributed by atoms with Crippen LogP contribution in [0.4, 0.5) is 5.82 Å². The van der Waals surface area contributed by atoms with E-state index < -0.39 is 0 Å². The van der Waals surface area contributed by atoms with Gasteiger partial charge in [0.1, 0.15) is 5.82 Å². The van der Waals surface area contributed by atoms with Gasteiger partial charge in [-0.05, 0) is 25.0 Å². The fraction of sp³-hybridized carbons (Fsp3) is 0.333. The largest absolute Gasteiger partial charge is 0.376 e. The van der Waals surface area contributed by atoms with Crippen LogP contribution in [-0.2, 0) is 4.74 Å². The van der Waals surface area contributed by atoms with E-state index in [0.717, 1.165) is 30.4 Å². The van der Waals surface area contributed by atoms with E-state index in [4.69, 9.17) is 10.6 Å². The van der Waals surface area contributed by atoms with Crippen molar-refractivity contribution in [1.82, 2.24) is 10.3 Å². The maximum Gasteiger partial charge on any atom is 0.252 e. The van der Waals surface area contributed by atoms with Gasteiger partial charge in [-0.2, -0.15) is 0 Å². The number of pyridine rings is 1. The number of nitrogens with one attached hydrogen (secondary N) is 2. The standard InChI is InChI=1S/C15H18N4O2/c16-19-14-8-12(11-5-1-2-6-13(11)18-14)15(20)17-9-10-4-3-7-21-10/h1-2,5-6,8,10H,3-4,7,9,16H2,(H,17,20)(H,18,19). The van der Waals surface area contributed by atoms with Gasteiger partial charge in [-0.25, -0.2) is 10.8 Å². The first-order valence-electron chi connectivity index (χ1n) is 7.04. The number of nitrogen functional groups attached to an aromatic ring is 1. The molecule has 6 heteroatoms. The Morgan fingerprint density at radius 1 is 1.43 bits per heavy atom. The normalized spacial score (nSPS) is 17.9. The molecule has 1 aromatic carbocycles. The van der Waals surface area contributed by atoms with Gasteiger partial charge in [0.2, 0.25) is 0 Å². The molecule has 2 aromatic rings. The van der Waals surface area contributed by atoms with E-state index in [9.17, 15) is 4.79 Å². The van der Waals surface area contributed by atoms with Gasteiger partial charge in [-0.15, -0.1) is 0 Å². The molecule has 1 unspecified atom stereocenters. The number of fused-ring (bicyclic) bond motifs is 1. The number of benzene rings is 1. The van der Waals surface area contributed by atoms with Crippen molar-refractivity contribution >= 4 is 22.6 Å². The zero-order valence-electron chi connectivity index (χ0n) is 11.6. The number of para-hydroxylation sites is 1. The van der Waals surface area contributed by atoms with Gasteiger partial charge >= 0.3 is 0 Å². The number of anilines is 1. The summed E-state index contributed by atoms with van der Waals surface area (Å²) in [6.07, 6.45) is 2.17. The van der Waals surface area contributed by atoms with Crippen LogP contribution in [0, 0.1) is 0 Å². The maximum absolute atomic E-state index is 12.4. The predicted molar refractivity (Wildman–Crippen MR) is 80.9 cm³/mol. The second-order valence-electron chi connectivity index (χ2n) is 5.06. The van der Waals surface area contributed by atoms with Gasteiger partial charge in [-0.3, -0.25) is 4.79 Å². The van der Waals surface area contributed by atoms with E-state index in [-0.39, 0.29) is 12.0 Å². The molecule has 0 saturated carbocycles. The number of amides is 1. The Morgan fingerprint density at radius 2 is 2.29 bits per heavy atom. The van der Waals surface area contributed by atoms with Crippen molar-refractivity contribution in [2.24, 2.45) is 5.84 Å². The number of carbonyl (C=O) groups excluding carboxylic acids is 1. The first-order chi connectivity index (χ1) is 10.3. The van der Waals surface area contributed by atoms with Gasteiger partial charge in [0.15, 0.2) is 0 Å². The molecule has 2 heterocycles. The topological polar surface area (TPSA) is 89.3 Å². The van der Waals surface area contributed by atoms with Crippen LogP contribution < -0.4 is 16.6 Å². The van der Waals surface area contributed by atoms with Gasteiger partial charge in [0.25, 0.3) is 5.91 Å². The number of rotatable bonds is 4. The molecule has 110 valence electrons. The summed E-state index contributed by atoms with van der Waals surface area (Å²) in [5.41, 5.74) is 3.79. The summed E-state index contributed by atoms with van der Waals surface area (Å²) in [4.78, 5) is 16.8. The Hall–Kier alpha value is -2.18. The molecular formula is C15H18N4O2. The molecule has 0 radical (unpaired) electrons. The van der Waals surface area contributed by atoms with E-state index in [1.54, 1.807) is 6.07 Å². The van der Waals surface area contributed by atoms with Crippen molar-refractivity contribution in [2.45, 2.75) is 18.9 Å². The van der Waals surface area contributed by atoms with E-state index in [0.29, 0.717) is 17.9 Å². The van der Waals surface area contributed by atoms with Crippen LogP contribution in [0.1, 0.15) is 23.2 Å². The zero-order valence-corrected chi connectivity index (χ0v) is 11.6. The Morgan fingerprint density at radius 3 is 3.05 bits per heavy atom. The highest BCUT2D eigenvalue weighted by atomic mass is 16.5. The Balaban J connectivity index is 1.85. The number of nitrogens with two attached hydrogens (primary N) is 1. The van der Waals surface area contributed by atoms with E-state index in [1.807, 2.05) is 24.3 Å². The van der Waals surface area contributed by atoms with Crippen molar-refractivity contribution in [1.29, 1.82) is 0 Å². The summed E-state index contributed by atoms with van der Waals surface area (Å²) in [6.45, 7) is 1.31. The van der Waals surface area contributed by atoms with Gasteiger partial charge in [-0.1, -0.05) is 18.2 Å². The van der Waals surface area contributed by atoms with Crippen molar-refractivity contribution in [3.63, 3.8) is 0 Å². The molecule has 21 heavy (non-hydrogen) atoms. The van der Waals surface area contributed by atoms with Crippen molar-refractivity contribution < 1.29 is 9.53 Å². The third-order valence-electron chi connectivity index (χ3n) is 3.62. The SMILES string of the molecule is NNc1cc(C(=O)NCC2CCCO2)c2ccccc2n1. The minimum absolute atomic E-state index is 0.120. The summed E-state index contributed by atoms with van der Waals surface area (Å²) in [5.74, 6) is 5.75. The van der Waals surface area contributed by atoms with Crippen LogP contribution in [0.2, 0.25) is 0 Å². The molecule has 0 aliphatic carbocycles. The highest BCUT2D eigenvalue weighted by Gasteiger charge is 2.18. The smallest absolute Gasteiger partial charge is 0.252 e. The molecule has 1 fully saturated rings. The van der Waals surface area contributed by atoms with Gasteiger partial charge in [0, 0.05) is 18.5 Å². The van der Waals surface area contributed by atoms with Crippen molar-refractivity contribution in [2.75, 3.05) is 18.6 Å². The highest BCUT2D eigenvalue weighted by molar-refractivity contribution is 6.06. The van der Waals surface area contributed by atoms with Gasteiger partial charge in [0.05, 0.1) is 17.2 Å². The molecule has 1 atom stereocenters. The summed E-state index contributed by atoms with van der Waals surface area (Å²) in [7, 11) is 0. The fourth-order valence-electron chi connectivity index (χ4n) is 2.54. The molecule has 1 aromatic heterocycles. The summed E-state index contributed by atoms with van der Waals surface area (Å²) < 4.78 is 5.51. The lowest BCUT2D eigenvalue weighted by Crippen LogP contribution is -2.32. The monoisotopic (exact) mass is 286 g/mol. The van der Waals surface area contributed by atoms with Crippen LogP contribution in [-0.4, -0.2) is 30.1 Å². The van der Waals surface area contributed by atoms with Crippen LogP contribution >= 0.6 is 0 Å². The van der Waals surface area contributed by atoms with E-state index in [1.165, 1.54) is 0 Å². The molecule has 3 rings (SSSR count). The van der Waals surface area contributed by atoms with Crippen molar-refractivity contribution in [3.8, 4) is 0 Å². The lowest BCUT2D eigenvalue weighted by atomic mass is 10.1. The zero-order chi connectivity index (χ0) is 14.7. The Labute approximate surface area is 122 Å². The molecule has 1 aliphatic heterocycles. The maximum atomic E-state index is 12.4. The van der Waals surface area contributed by atoms with Crippen molar-refractivity contribution in [3.05, 3.63) is 35.9 Å². The number of nitrogens with zero attached hydrogens (tertiary/aromatic N) is 1. The minimum atomic E-state index is -0.138. The summed E-state index contributed by atoms with van der Waals surface area (Å²) in [5, 5.41) is 3.73. The molecule has 4 N–H and O–H groups in total. The summed E-state index contributed by atoms with van der Waals surface area (Å²) >= 11 is 0. The molecule has 0 bridgehead atoms. The van der Waals surface area contributed by atoms with Crippen LogP contribution in [0.15, 0.2) is 30.3 Å². The van der Waals surface area contributed by atoms with Crippen LogP contribution in [0.5, 0.6) is 0 Å². The van der Waals surface area contributed by atoms with Crippen LogP contribution in [0.3, 0.4) is 0 Å². The number of hydrogen-bond donors (Lipinski definition) is 3. The van der Waals surface area contributed by atoms with E-state index >= 15 is 0 Å². The number of ether oxygens (including phenoxy) is 1. The molecule has 1 aliphatic rings. The highest BCUT2D eigenvalue weighted by Crippen LogP contribution is 2.20. The van der Waals surface area contributed by atoms with Crippen LogP contribution in [0.25, 0.3) is 10.9 Å². The molecular weight excluding hydrogens is 268 g/mol. The second kappa shape index (κ2) is 6.07. The van der Waals surface area contributed by atoms with E-state index in [2.05, 4.69) is 15.7 Å². The average molecular weight is 286 g/mol. The number of hydrogen-bond acceptors (Lipinski definition) is 5. The lowest BCUT2D eigenvalue weighted by molar-refractivity contribution is 0.0859. The lowest BCUT2D eigenvalue weighted by Gasteiger charge is -2.13. The molecule has 0 spiro atoms. The minimum Gasteiger partial charge on any atom is -0.376 e. The second-order valence-corrected chi connectivity index (χ2v) is 5.06. The number of hydrazine groups is 1. The molecule has 6 nitrogen and oxygen atoms in total. The first-order valence-corrected chi connectivity index (χ1v) is 7.04. The third-order valence-corrected chi connectivity index (χ3v) is 3.62. The Kier molecular flexibility index (Phi) is 3.98. The predicted octanol–water partition coefficient (Wildman–Crippen LogP) is 1.43. The fourth-order valence-corrected chi connectivity index (χ4v) is 2.54. The Bertz CT molecular complexity index is 653. The van der Waals surface area contributed by atoms with Gasteiger partial charge < -0.3 is 15.5 Å².